The van der Waals surface area contributed by atoms with Crippen molar-refractivity contribution in [1.82, 2.24) is 5.32 Å². The van der Waals surface area contributed by atoms with Crippen LogP contribution in [-0.4, -0.2) is 43.2 Å². The summed E-state index contributed by atoms with van der Waals surface area (Å²) in [6.07, 6.45) is -1.04. The molecule has 0 aliphatic carbocycles. The first kappa shape index (κ1) is 12.8. The molecule has 1 aromatic rings. The topological polar surface area (TPSA) is 95.5 Å². The average Bonchev–Trinajstić information content (AvgIpc) is 2.53. The molecule has 7 heteroatoms. The van der Waals surface area contributed by atoms with E-state index in [9.17, 15) is 18.3 Å². The SMILES string of the molecule is O=C(Nc1ccccc1)N[C@@H]1CS(=O)(=O)C[C@H]1O. The molecule has 2 rings (SSSR count). The number of hydrogen-bond acceptors (Lipinski definition) is 4. The molecular formula is C11H14N2O4S. The minimum absolute atomic E-state index is 0.226. The summed E-state index contributed by atoms with van der Waals surface area (Å²) in [6, 6.07) is 7.50. The van der Waals surface area contributed by atoms with Gasteiger partial charge in [0.25, 0.3) is 0 Å². The maximum Gasteiger partial charge on any atom is 0.319 e. The highest BCUT2D eigenvalue weighted by molar-refractivity contribution is 7.91. The summed E-state index contributed by atoms with van der Waals surface area (Å²) >= 11 is 0. The van der Waals surface area contributed by atoms with Crippen LogP contribution in [0.25, 0.3) is 0 Å². The first-order valence-corrected chi connectivity index (χ1v) is 7.29. The largest absolute Gasteiger partial charge is 0.390 e. The second kappa shape index (κ2) is 4.95. The predicted octanol–water partition coefficient (Wildman–Crippen LogP) is -0.0340. The summed E-state index contributed by atoms with van der Waals surface area (Å²) in [5.74, 6) is -0.528. The van der Waals surface area contributed by atoms with Crippen LogP contribution in [0.4, 0.5) is 10.5 Å². The Morgan fingerprint density at radius 1 is 1.22 bits per heavy atom. The van der Waals surface area contributed by atoms with Gasteiger partial charge in [-0.2, -0.15) is 0 Å². The van der Waals surface area contributed by atoms with E-state index in [1.807, 2.05) is 6.07 Å². The fraction of sp³-hybridized carbons (Fsp3) is 0.364. The molecule has 0 saturated carbocycles. The Balaban J connectivity index is 1.93. The van der Waals surface area contributed by atoms with Gasteiger partial charge in [0.05, 0.1) is 23.7 Å². The van der Waals surface area contributed by atoms with Crippen LogP contribution < -0.4 is 10.6 Å². The van der Waals surface area contributed by atoms with Crippen LogP contribution in [0, 0.1) is 0 Å². The number of hydrogen-bond donors (Lipinski definition) is 3. The molecule has 98 valence electrons. The zero-order chi connectivity index (χ0) is 13.2. The van der Waals surface area contributed by atoms with Gasteiger partial charge in [0, 0.05) is 5.69 Å². The number of anilines is 1. The zero-order valence-corrected chi connectivity index (χ0v) is 10.4. The molecule has 2 amide bonds. The minimum Gasteiger partial charge on any atom is -0.390 e. The molecule has 2 atom stereocenters. The summed E-state index contributed by atoms with van der Waals surface area (Å²) in [5, 5.41) is 14.5. The maximum atomic E-state index is 11.6. The number of nitrogens with one attached hydrogen (secondary N) is 2. The van der Waals surface area contributed by atoms with Crippen LogP contribution in [0.2, 0.25) is 0 Å². The average molecular weight is 270 g/mol. The third-order valence-electron chi connectivity index (χ3n) is 2.67. The Bertz CT molecular complexity index is 529. The monoisotopic (exact) mass is 270 g/mol. The normalized spacial score (nSPS) is 25.6. The lowest BCUT2D eigenvalue weighted by molar-refractivity contribution is 0.167. The first-order valence-electron chi connectivity index (χ1n) is 5.47. The van der Waals surface area contributed by atoms with Crippen molar-refractivity contribution < 1.29 is 18.3 Å². The quantitative estimate of drug-likeness (QED) is 0.703. The Hall–Kier alpha value is -1.60. The highest BCUT2D eigenvalue weighted by Gasteiger charge is 2.37. The van der Waals surface area contributed by atoms with Crippen LogP contribution in [0.3, 0.4) is 0 Å². The highest BCUT2D eigenvalue weighted by atomic mass is 32.2. The summed E-state index contributed by atoms with van der Waals surface area (Å²) in [7, 11) is -3.26. The van der Waals surface area contributed by atoms with Crippen LogP contribution in [0.15, 0.2) is 30.3 Å². The number of aliphatic hydroxyl groups excluding tert-OH is 1. The number of urea groups is 1. The van der Waals surface area contributed by atoms with Crippen molar-refractivity contribution in [2.45, 2.75) is 12.1 Å². The zero-order valence-electron chi connectivity index (χ0n) is 9.54. The number of sulfone groups is 1. The van der Waals surface area contributed by atoms with E-state index in [-0.39, 0.29) is 11.5 Å². The van der Waals surface area contributed by atoms with Crippen LogP contribution in [0.1, 0.15) is 0 Å². The van der Waals surface area contributed by atoms with Gasteiger partial charge in [0.15, 0.2) is 9.84 Å². The van der Waals surface area contributed by atoms with Crippen molar-refractivity contribution in [3.05, 3.63) is 30.3 Å². The second-order valence-electron chi connectivity index (χ2n) is 4.22. The van der Waals surface area contributed by atoms with Crippen LogP contribution in [-0.2, 0) is 9.84 Å². The van der Waals surface area contributed by atoms with Crippen molar-refractivity contribution in [1.29, 1.82) is 0 Å². The number of para-hydroxylation sites is 1. The van der Waals surface area contributed by atoms with Gasteiger partial charge >= 0.3 is 6.03 Å². The fourth-order valence-electron chi connectivity index (χ4n) is 1.82. The lowest BCUT2D eigenvalue weighted by Gasteiger charge is -2.15. The Morgan fingerprint density at radius 3 is 2.44 bits per heavy atom. The van der Waals surface area contributed by atoms with E-state index in [1.54, 1.807) is 24.3 Å². The summed E-state index contributed by atoms with van der Waals surface area (Å²) in [4.78, 5) is 11.6. The number of benzene rings is 1. The summed E-state index contributed by atoms with van der Waals surface area (Å²) in [5.41, 5.74) is 0.602. The molecule has 1 aromatic carbocycles. The Kier molecular flexibility index (Phi) is 3.53. The van der Waals surface area contributed by atoms with E-state index in [2.05, 4.69) is 10.6 Å². The van der Waals surface area contributed by atoms with E-state index < -0.39 is 28.0 Å². The molecule has 1 fully saturated rings. The lowest BCUT2D eigenvalue weighted by Crippen LogP contribution is -2.44. The summed E-state index contributed by atoms with van der Waals surface area (Å²) in [6.45, 7) is 0. The van der Waals surface area contributed by atoms with E-state index >= 15 is 0 Å². The van der Waals surface area contributed by atoms with Gasteiger partial charge in [-0.1, -0.05) is 18.2 Å². The smallest absolute Gasteiger partial charge is 0.319 e. The third-order valence-corrected chi connectivity index (χ3v) is 4.39. The Morgan fingerprint density at radius 2 is 1.89 bits per heavy atom. The molecule has 0 bridgehead atoms. The second-order valence-corrected chi connectivity index (χ2v) is 6.37. The molecule has 0 radical (unpaired) electrons. The van der Waals surface area contributed by atoms with Crippen molar-refractivity contribution in [2.75, 3.05) is 16.8 Å². The highest BCUT2D eigenvalue weighted by Crippen LogP contribution is 2.13. The van der Waals surface area contributed by atoms with Crippen molar-refractivity contribution in [3.63, 3.8) is 0 Å². The van der Waals surface area contributed by atoms with Gasteiger partial charge in [-0.25, -0.2) is 13.2 Å². The van der Waals surface area contributed by atoms with E-state index in [4.69, 9.17) is 0 Å². The molecular weight excluding hydrogens is 256 g/mol. The number of carbonyl (C=O) groups excluding carboxylic acids is 1. The van der Waals surface area contributed by atoms with Crippen LogP contribution in [0.5, 0.6) is 0 Å². The molecule has 0 aromatic heterocycles. The van der Waals surface area contributed by atoms with Crippen molar-refractivity contribution >= 4 is 21.6 Å². The molecule has 6 nitrogen and oxygen atoms in total. The number of rotatable bonds is 2. The van der Waals surface area contributed by atoms with Gasteiger partial charge in [0.1, 0.15) is 0 Å². The van der Waals surface area contributed by atoms with Gasteiger partial charge in [-0.3, -0.25) is 0 Å². The first-order chi connectivity index (χ1) is 8.46. The molecule has 1 aliphatic heterocycles. The molecule has 3 N–H and O–H groups in total. The minimum atomic E-state index is -3.26. The van der Waals surface area contributed by atoms with Crippen LogP contribution >= 0.6 is 0 Å². The standard InChI is InChI=1S/C11H14N2O4S/c14-10-7-18(16,17)6-9(10)13-11(15)12-8-4-2-1-3-5-8/h1-5,9-10,14H,6-7H2,(H2,12,13,15)/t9-,10-/m1/s1. The van der Waals surface area contributed by atoms with Gasteiger partial charge < -0.3 is 15.7 Å². The van der Waals surface area contributed by atoms with Crippen molar-refractivity contribution in [3.8, 4) is 0 Å². The number of carbonyl (C=O) groups is 1. The van der Waals surface area contributed by atoms with E-state index in [0.29, 0.717) is 5.69 Å². The molecule has 18 heavy (non-hydrogen) atoms. The third kappa shape index (κ3) is 3.21. The molecule has 0 unspecified atom stereocenters. The van der Waals surface area contributed by atoms with Gasteiger partial charge in [0.2, 0.25) is 0 Å². The Labute approximate surface area is 105 Å². The summed E-state index contributed by atoms with van der Waals surface area (Å²) < 4.78 is 22.5. The van der Waals surface area contributed by atoms with E-state index in [0.717, 1.165) is 0 Å². The molecule has 1 aliphatic rings. The van der Waals surface area contributed by atoms with Crippen molar-refractivity contribution in [2.24, 2.45) is 0 Å². The number of aliphatic hydroxyl groups is 1. The molecule has 0 spiro atoms. The predicted molar refractivity (Wildman–Crippen MR) is 67.0 cm³/mol. The molecule has 1 saturated heterocycles. The number of amides is 2. The maximum absolute atomic E-state index is 11.6. The fourth-order valence-corrected chi connectivity index (χ4v) is 3.57. The molecule has 1 heterocycles. The van der Waals surface area contributed by atoms with Gasteiger partial charge in [-0.05, 0) is 12.1 Å². The van der Waals surface area contributed by atoms with Gasteiger partial charge in [-0.15, -0.1) is 0 Å². The lowest BCUT2D eigenvalue weighted by atomic mass is 10.2. The van der Waals surface area contributed by atoms with E-state index in [1.165, 1.54) is 0 Å².